The zero-order valence-electron chi connectivity index (χ0n) is 17.7. The molecule has 0 fully saturated rings. The van der Waals surface area contributed by atoms with Crippen LogP contribution in [0.15, 0.2) is 60.7 Å². The number of benzene rings is 3. The van der Waals surface area contributed by atoms with Crippen molar-refractivity contribution in [3.8, 4) is 0 Å². The maximum absolute atomic E-state index is 12.8. The molecule has 0 N–H and O–H groups in total. The van der Waals surface area contributed by atoms with Crippen LogP contribution >= 0.6 is 0 Å². The van der Waals surface area contributed by atoms with Crippen molar-refractivity contribution in [2.75, 3.05) is 20.1 Å². The third kappa shape index (κ3) is 4.83. The third-order valence-corrected chi connectivity index (χ3v) is 5.42. The number of nitro groups is 1. The van der Waals surface area contributed by atoms with E-state index in [1.807, 2.05) is 12.1 Å². The van der Waals surface area contributed by atoms with E-state index in [0.29, 0.717) is 12.1 Å². The molecule has 3 aromatic rings. The van der Waals surface area contributed by atoms with Gasteiger partial charge in [0.25, 0.3) is 11.6 Å². The van der Waals surface area contributed by atoms with Gasteiger partial charge in [-0.15, -0.1) is 0 Å². The van der Waals surface area contributed by atoms with Crippen LogP contribution in [-0.4, -0.2) is 40.8 Å². The summed E-state index contributed by atoms with van der Waals surface area (Å²) in [7, 11) is 1.75. The summed E-state index contributed by atoms with van der Waals surface area (Å²) < 4.78 is 0. The molecule has 6 heteroatoms. The van der Waals surface area contributed by atoms with Crippen LogP contribution in [-0.2, 0) is 13.1 Å². The van der Waals surface area contributed by atoms with Crippen LogP contribution in [0.2, 0.25) is 0 Å². The standard InChI is InChI=1S/C24H27N3O3/c1-4-26(5-2)16-18-9-14-23-20(15-18)7-6-8-21(23)17-25(3)24(28)19-10-12-22(13-11-19)27(29)30/h6-15H,4-5,16-17H2,1-3H3. The first-order valence-corrected chi connectivity index (χ1v) is 10.2. The molecule has 0 bridgehead atoms. The van der Waals surface area contributed by atoms with Gasteiger partial charge >= 0.3 is 0 Å². The van der Waals surface area contributed by atoms with Gasteiger partial charge in [0.2, 0.25) is 0 Å². The van der Waals surface area contributed by atoms with Crippen LogP contribution in [0.5, 0.6) is 0 Å². The number of nitro benzene ring substituents is 1. The van der Waals surface area contributed by atoms with Gasteiger partial charge in [0, 0.05) is 37.8 Å². The van der Waals surface area contributed by atoms with E-state index in [1.54, 1.807) is 11.9 Å². The minimum atomic E-state index is -0.470. The number of carbonyl (C=O) groups excluding carboxylic acids is 1. The van der Waals surface area contributed by atoms with E-state index < -0.39 is 4.92 Å². The SMILES string of the molecule is CCN(CC)Cc1ccc2c(CN(C)C(=O)c3ccc([N+](=O)[O-])cc3)cccc2c1. The highest BCUT2D eigenvalue weighted by Gasteiger charge is 2.15. The molecule has 6 nitrogen and oxygen atoms in total. The van der Waals surface area contributed by atoms with Crippen LogP contribution in [0, 0.1) is 10.1 Å². The number of nitrogens with zero attached hydrogens (tertiary/aromatic N) is 3. The normalized spacial score (nSPS) is 11.1. The van der Waals surface area contributed by atoms with Crippen LogP contribution in [0.3, 0.4) is 0 Å². The highest BCUT2D eigenvalue weighted by Crippen LogP contribution is 2.23. The lowest BCUT2D eigenvalue weighted by Crippen LogP contribution is -2.26. The highest BCUT2D eigenvalue weighted by molar-refractivity contribution is 5.94. The van der Waals surface area contributed by atoms with Crippen molar-refractivity contribution >= 4 is 22.4 Å². The third-order valence-electron chi connectivity index (χ3n) is 5.42. The molecule has 0 saturated heterocycles. The van der Waals surface area contributed by atoms with Crippen molar-refractivity contribution in [3.05, 3.63) is 87.5 Å². The van der Waals surface area contributed by atoms with E-state index >= 15 is 0 Å². The maximum Gasteiger partial charge on any atom is 0.269 e. The van der Waals surface area contributed by atoms with Gasteiger partial charge < -0.3 is 4.90 Å². The Hall–Kier alpha value is -3.25. The molecule has 1 amide bonds. The molecule has 3 aromatic carbocycles. The fourth-order valence-electron chi connectivity index (χ4n) is 3.62. The van der Waals surface area contributed by atoms with E-state index in [9.17, 15) is 14.9 Å². The van der Waals surface area contributed by atoms with Crippen LogP contribution < -0.4 is 0 Å². The van der Waals surface area contributed by atoms with Gasteiger partial charge in [0.05, 0.1) is 4.92 Å². The number of rotatable bonds is 8. The summed E-state index contributed by atoms with van der Waals surface area (Å²) >= 11 is 0. The zero-order valence-corrected chi connectivity index (χ0v) is 17.7. The zero-order chi connectivity index (χ0) is 21.7. The van der Waals surface area contributed by atoms with Crippen LogP contribution in [0.4, 0.5) is 5.69 Å². The molecule has 0 spiro atoms. The number of non-ortho nitro benzene ring substituents is 1. The van der Waals surface area contributed by atoms with Gasteiger partial charge in [-0.2, -0.15) is 0 Å². The lowest BCUT2D eigenvalue weighted by molar-refractivity contribution is -0.384. The molecule has 0 aromatic heterocycles. The Bertz CT molecular complexity index is 1040. The first kappa shape index (κ1) is 21.5. The fraction of sp³-hybridized carbons (Fsp3) is 0.292. The summed E-state index contributed by atoms with van der Waals surface area (Å²) in [6.45, 7) is 7.75. The number of carbonyl (C=O) groups is 1. The topological polar surface area (TPSA) is 66.7 Å². The number of hydrogen-bond donors (Lipinski definition) is 0. The van der Waals surface area contributed by atoms with E-state index in [1.165, 1.54) is 29.8 Å². The van der Waals surface area contributed by atoms with E-state index in [2.05, 4.69) is 43.0 Å². The van der Waals surface area contributed by atoms with Crippen LogP contribution in [0.1, 0.15) is 35.3 Å². The second-order valence-corrected chi connectivity index (χ2v) is 7.40. The first-order valence-electron chi connectivity index (χ1n) is 10.2. The maximum atomic E-state index is 12.8. The first-order chi connectivity index (χ1) is 14.4. The van der Waals surface area contributed by atoms with Gasteiger partial charge in [-0.3, -0.25) is 19.8 Å². The van der Waals surface area contributed by atoms with Gasteiger partial charge in [0.15, 0.2) is 0 Å². The number of fused-ring (bicyclic) bond motifs is 1. The minimum Gasteiger partial charge on any atom is -0.337 e. The molecule has 0 saturated carbocycles. The van der Waals surface area contributed by atoms with Crippen molar-refractivity contribution in [2.24, 2.45) is 0 Å². The minimum absolute atomic E-state index is 0.0243. The Morgan fingerprint density at radius 1 is 0.967 bits per heavy atom. The number of hydrogen-bond acceptors (Lipinski definition) is 4. The molecule has 0 aliphatic carbocycles. The van der Waals surface area contributed by atoms with Gasteiger partial charge in [-0.05, 0) is 53.2 Å². The quantitative estimate of drug-likeness (QED) is 0.396. The summed E-state index contributed by atoms with van der Waals surface area (Å²) in [6, 6.07) is 18.4. The molecule has 0 unspecified atom stereocenters. The summed E-state index contributed by atoms with van der Waals surface area (Å²) in [6.07, 6.45) is 0. The fourth-order valence-corrected chi connectivity index (χ4v) is 3.62. The molecule has 3 rings (SSSR count). The van der Waals surface area contributed by atoms with Gasteiger partial charge in [-0.25, -0.2) is 0 Å². The second-order valence-electron chi connectivity index (χ2n) is 7.40. The second kappa shape index (κ2) is 9.50. The predicted octanol–water partition coefficient (Wildman–Crippen LogP) is 4.86. The Kier molecular flexibility index (Phi) is 6.79. The average molecular weight is 405 g/mol. The lowest BCUT2D eigenvalue weighted by Gasteiger charge is -2.20. The van der Waals surface area contributed by atoms with E-state index in [0.717, 1.165) is 36.0 Å². The summed E-state index contributed by atoms with van der Waals surface area (Å²) in [4.78, 5) is 27.1. The summed E-state index contributed by atoms with van der Waals surface area (Å²) in [5, 5.41) is 13.1. The highest BCUT2D eigenvalue weighted by atomic mass is 16.6. The Morgan fingerprint density at radius 2 is 1.67 bits per heavy atom. The van der Waals surface area contributed by atoms with Crippen molar-refractivity contribution in [1.82, 2.24) is 9.80 Å². The molecule has 0 radical (unpaired) electrons. The molecule has 156 valence electrons. The van der Waals surface area contributed by atoms with Crippen molar-refractivity contribution in [2.45, 2.75) is 26.9 Å². The number of amides is 1. The molecule has 30 heavy (non-hydrogen) atoms. The Labute approximate surface area is 176 Å². The van der Waals surface area contributed by atoms with Gasteiger partial charge in [-0.1, -0.05) is 44.2 Å². The molecule has 0 atom stereocenters. The van der Waals surface area contributed by atoms with Crippen LogP contribution in [0.25, 0.3) is 10.8 Å². The summed E-state index contributed by atoms with van der Waals surface area (Å²) in [5.41, 5.74) is 2.76. The smallest absolute Gasteiger partial charge is 0.269 e. The van der Waals surface area contributed by atoms with Crippen molar-refractivity contribution in [1.29, 1.82) is 0 Å². The average Bonchev–Trinajstić information content (AvgIpc) is 2.77. The van der Waals surface area contributed by atoms with Crippen molar-refractivity contribution < 1.29 is 9.72 Å². The summed E-state index contributed by atoms with van der Waals surface area (Å²) in [5.74, 6) is -0.167. The van der Waals surface area contributed by atoms with E-state index in [-0.39, 0.29) is 11.6 Å². The van der Waals surface area contributed by atoms with Gasteiger partial charge in [0.1, 0.15) is 0 Å². The molecule has 0 aliphatic heterocycles. The Balaban J connectivity index is 1.79. The molecular formula is C24H27N3O3. The van der Waals surface area contributed by atoms with E-state index in [4.69, 9.17) is 0 Å². The Morgan fingerprint density at radius 3 is 2.30 bits per heavy atom. The molecule has 0 heterocycles. The predicted molar refractivity (Wildman–Crippen MR) is 119 cm³/mol. The largest absolute Gasteiger partial charge is 0.337 e. The monoisotopic (exact) mass is 405 g/mol. The molecule has 0 aliphatic rings. The molecular weight excluding hydrogens is 378 g/mol. The van der Waals surface area contributed by atoms with Crippen molar-refractivity contribution in [3.63, 3.8) is 0 Å². The lowest BCUT2D eigenvalue weighted by atomic mass is 10.0.